The van der Waals surface area contributed by atoms with E-state index in [4.69, 9.17) is 0 Å². The Bertz CT molecular complexity index is 1070. The standard InChI is InChI=1S/C20H17F2N3O2/c1-24-16-8-7-13(22)11-15(16)18(25-9-3-6-17(25)26)19(24)20(27)23-14-5-2-4-12(21)10-14/h2,4-5,7-8,10-11H,3,6,9H2,1H3,(H,23,27). The second-order valence-corrected chi connectivity index (χ2v) is 6.53. The lowest BCUT2D eigenvalue weighted by Crippen LogP contribution is -2.27. The summed E-state index contributed by atoms with van der Waals surface area (Å²) in [5.41, 5.74) is 1.56. The van der Waals surface area contributed by atoms with Crippen LogP contribution in [0.1, 0.15) is 23.3 Å². The van der Waals surface area contributed by atoms with Crippen molar-refractivity contribution in [2.24, 2.45) is 7.05 Å². The van der Waals surface area contributed by atoms with Crippen LogP contribution in [0.2, 0.25) is 0 Å². The number of benzene rings is 2. The molecule has 3 aromatic rings. The third kappa shape index (κ3) is 2.95. The molecule has 7 heteroatoms. The molecule has 0 spiro atoms. The predicted molar refractivity (Wildman–Crippen MR) is 98.8 cm³/mol. The summed E-state index contributed by atoms with van der Waals surface area (Å²) in [6.07, 6.45) is 1.06. The van der Waals surface area contributed by atoms with Gasteiger partial charge in [0.05, 0.1) is 11.2 Å². The van der Waals surface area contributed by atoms with Crippen LogP contribution in [0, 0.1) is 11.6 Å². The molecule has 1 aliphatic heterocycles. The largest absolute Gasteiger partial charge is 0.338 e. The Balaban J connectivity index is 1.87. The van der Waals surface area contributed by atoms with Crippen molar-refractivity contribution >= 4 is 34.1 Å². The van der Waals surface area contributed by atoms with E-state index in [2.05, 4.69) is 5.32 Å². The number of carbonyl (C=O) groups excluding carboxylic acids is 2. The minimum atomic E-state index is -0.491. The number of amides is 2. The Labute approximate surface area is 154 Å². The molecule has 1 aliphatic rings. The van der Waals surface area contributed by atoms with Crippen LogP contribution in [0.5, 0.6) is 0 Å². The number of hydrogen-bond acceptors (Lipinski definition) is 2. The van der Waals surface area contributed by atoms with Gasteiger partial charge in [-0.1, -0.05) is 6.07 Å². The quantitative estimate of drug-likeness (QED) is 0.763. The number of carbonyl (C=O) groups is 2. The fourth-order valence-corrected chi connectivity index (χ4v) is 3.57. The van der Waals surface area contributed by atoms with E-state index in [1.165, 1.54) is 35.2 Å². The van der Waals surface area contributed by atoms with Crippen LogP contribution in [0.3, 0.4) is 0 Å². The molecule has 0 unspecified atom stereocenters. The molecule has 5 nitrogen and oxygen atoms in total. The first-order valence-electron chi connectivity index (χ1n) is 8.61. The molecule has 0 atom stereocenters. The molecule has 2 heterocycles. The van der Waals surface area contributed by atoms with E-state index in [0.29, 0.717) is 41.7 Å². The normalized spacial score (nSPS) is 14.2. The van der Waals surface area contributed by atoms with Crippen molar-refractivity contribution in [1.82, 2.24) is 4.57 Å². The molecule has 1 fully saturated rings. The lowest BCUT2D eigenvalue weighted by molar-refractivity contribution is -0.117. The van der Waals surface area contributed by atoms with Gasteiger partial charge in [0.1, 0.15) is 17.3 Å². The molecule has 138 valence electrons. The van der Waals surface area contributed by atoms with E-state index >= 15 is 0 Å². The molecule has 0 bridgehead atoms. The van der Waals surface area contributed by atoms with Gasteiger partial charge in [0.2, 0.25) is 5.91 Å². The molecule has 1 saturated heterocycles. The maximum atomic E-state index is 13.9. The average Bonchev–Trinajstić information content (AvgIpc) is 3.15. The van der Waals surface area contributed by atoms with Crippen LogP contribution in [-0.4, -0.2) is 22.9 Å². The first-order chi connectivity index (χ1) is 13.0. The Kier molecular flexibility index (Phi) is 4.14. The molecule has 1 aromatic heterocycles. The summed E-state index contributed by atoms with van der Waals surface area (Å²) < 4.78 is 28.9. The van der Waals surface area contributed by atoms with Gasteiger partial charge >= 0.3 is 0 Å². The highest BCUT2D eigenvalue weighted by atomic mass is 19.1. The molecule has 2 aromatic carbocycles. The minimum absolute atomic E-state index is 0.105. The Morgan fingerprint density at radius 2 is 1.89 bits per heavy atom. The monoisotopic (exact) mass is 369 g/mol. The molecule has 0 saturated carbocycles. The van der Waals surface area contributed by atoms with Gasteiger partial charge < -0.3 is 14.8 Å². The Hall–Kier alpha value is -3.22. The van der Waals surface area contributed by atoms with Crippen LogP contribution in [-0.2, 0) is 11.8 Å². The molecular weight excluding hydrogens is 352 g/mol. The number of fused-ring (bicyclic) bond motifs is 1. The van der Waals surface area contributed by atoms with Gasteiger partial charge in [0.25, 0.3) is 5.91 Å². The Morgan fingerprint density at radius 3 is 2.59 bits per heavy atom. The van der Waals surface area contributed by atoms with Crippen molar-refractivity contribution in [3.8, 4) is 0 Å². The van der Waals surface area contributed by atoms with Crippen molar-refractivity contribution in [3.05, 3.63) is 59.8 Å². The topological polar surface area (TPSA) is 54.3 Å². The number of rotatable bonds is 3. The number of aryl methyl sites for hydroxylation is 1. The summed E-state index contributed by atoms with van der Waals surface area (Å²) in [5.74, 6) is -1.51. The molecule has 4 rings (SSSR count). The smallest absolute Gasteiger partial charge is 0.274 e. The van der Waals surface area contributed by atoms with Gasteiger partial charge in [-0.3, -0.25) is 9.59 Å². The zero-order valence-corrected chi connectivity index (χ0v) is 14.6. The molecule has 0 radical (unpaired) electrons. The highest BCUT2D eigenvalue weighted by Gasteiger charge is 2.31. The number of nitrogens with one attached hydrogen (secondary N) is 1. The van der Waals surface area contributed by atoms with E-state index in [1.807, 2.05) is 0 Å². The van der Waals surface area contributed by atoms with Crippen molar-refractivity contribution in [1.29, 1.82) is 0 Å². The van der Waals surface area contributed by atoms with Gasteiger partial charge in [-0.05, 0) is 42.8 Å². The third-order valence-corrected chi connectivity index (χ3v) is 4.78. The van der Waals surface area contributed by atoms with Crippen molar-refractivity contribution < 1.29 is 18.4 Å². The average molecular weight is 369 g/mol. The molecule has 2 amide bonds. The number of nitrogens with zero attached hydrogens (tertiary/aromatic N) is 2. The molecular formula is C20H17F2N3O2. The van der Waals surface area contributed by atoms with Crippen molar-refractivity contribution in [2.45, 2.75) is 12.8 Å². The van der Waals surface area contributed by atoms with Gasteiger partial charge in [-0.2, -0.15) is 0 Å². The summed E-state index contributed by atoms with van der Waals surface area (Å²) in [6, 6.07) is 9.77. The van der Waals surface area contributed by atoms with E-state index in [-0.39, 0.29) is 11.6 Å². The molecule has 1 N–H and O–H groups in total. The van der Waals surface area contributed by atoms with Crippen LogP contribution >= 0.6 is 0 Å². The van der Waals surface area contributed by atoms with Gasteiger partial charge in [0, 0.05) is 31.1 Å². The maximum Gasteiger partial charge on any atom is 0.274 e. The second kappa shape index (κ2) is 6.50. The zero-order valence-electron chi connectivity index (χ0n) is 14.6. The fourth-order valence-electron chi connectivity index (χ4n) is 3.57. The summed E-state index contributed by atoms with van der Waals surface area (Å²) >= 11 is 0. The zero-order chi connectivity index (χ0) is 19.1. The lowest BCUT2D eigenvalue weighted by Gasteiger charge is -2.18. The van der Waals surface area contributed by atoms with E-state index in [0.717, 1.165) is 0 Å². The van der Waals surface area contributed by atoms with E-state index in [9.17, 15) is 18.4 Å². The lowest BCUT2D eigenvalue weighted by atomic mass is 10.2. The van der Waals surface area contributed by atoms with Crippen LogP contribution in [0.25, 0.3) is 10.9 Å². The van der Waals surface area contributed by atoms with Gasteiger partial charge in [0.15, 0.2) is 0 Å². The third-order valence-electron chi connectivity index (χ3n) is 4.78. The predicted octanol–water partition coefficient (Wildman–Crippen LogP) is 3.84. The first-order valence-corrected chi connectivity index (χ1v) is 8.61. The van der Waals surface area contributed by atoms with Gasteiger partial charge in [-0.15, -0.1) is 0 Å². The molecule has 27 heavy (non-hydrogen) atoms. The summed E-state index contributed by atoms with van der Waals surface area (Å²) in [7, 11) is 1.69. The van der Waals surface area contributed by atoms with Crippen LogP contribution in [0.15, 0.2) is 42.5 Å². The van der Waals surface area contributed by atoms with Crippen molar-refractivity contribution in [3.63, 3.8) is 0 Å². The van der Waals surface area contributed by atoms with Crippen LogP contribution < -0.4 is 10.2 Å². The summed E-state index contributed by atoms with van der Waals surface area (Å²) in [4.78, 5) is 26.9. The molecule has 0 aliphatic carbocycles. The van der Waals surface area contributed by atoms with Gasteiger partial charge in [-0.25, -0.2) is 8.78 Å². The fraction of sp³-hybridized carbons (Fsp3) is 0.200. The SMILES string of the molecule is Cn1c(C(=O)Nc2cccc(F)c2)c(N2CCCC2=O)c2cc(F)ccc21. The highest BCUT2D eigenvalue weighted by Crippen LogP contribution is 2.36. The maximum absolute atomic E-state index is 13.9. The number of anilines is 2. The number of hydrogen-bond donors (Lipinski definition) is 1. The number of aromatic nitrogens is 1. The summed E-state index contributed by atoms with van der Waals surface area (Å²) in [6.45, 7) is 0.467. The van der Waals surface area contributed by atoms with Crippen molar-refractivity contribution in [2.75, 3.05) is 16.8 Å². The highest BCUT2D eigenvalue weighted by molar-refractivity contribution is 6.17. The van der Waals surface area contributed by atoms with E-state index < -0.39 is 17.5 Å². The Morgan fingerprint density at radius 1 is 1.11 bits per heavy atom. The van der Waals surface area contributed by atoms with E-state index in [1.54, 1.807) is 23.7 Å². The second-order valence-electron chi connectivity index (χ2n) is 6.53. The summed E-state index contributed by atoms with van der Waals surface area (Å²) in [5, 5.41) is 3.16. The first kappa shape index (κ1) is 17.2. The minimum Gasteiger partial charge on any atom is -0.338 e. The van der Waals surface area contributed by atoms with Crippen LogP contribution in [0.4, 0.5) is 20.2 Å². The number of halogens is 2.